The zero-order chi connectivity index (χ0) is 23.9. The van der Waals surface area contributed by atoms with E-state index in [1.807, 2.05) is 30.3 Å². The van der Waals surface area contributed by atoms with Crippen molar-refractivity contribution in [1.82, 2.24) is 10.3 Å². The van der Waals surface area contributed by atoms with Crippen LogP contribution in [-0.2, 0) is 13.0 Å². The highest BCUT2D eigenvalue weighted by Gasteiger charge is 2.16. The summed E-state index contributed by atoms with van der Waals surface area (Å²) in [7, 11) is 1.62. The van der Waals surface area contributed by atoms with Gasteiger partial charge in [0.05, 0.1) is 18.2 Å². The van der Waals surface area contributed by atoms with Gasteiger partial charge < -0.3 is 14.8 Å². The van der Waals surface area contributed by atoms with Gasteiger partial charge in [-0.25, -0.2) is 13.8 Å². The average molecular weight is 481 g/mol. The normalized spacial score (nSPS) is 10.7. The van der Waals surface area contributed by atoms with Gasteiger partial charge in [-0.3, -0.25) is 4.79 Å². The number of hydrogen-bond acceptors (Lipinski definition) is 5. The predicted molar refractivity (Wildman–Crippen MR) is 127 cm³/mol. The van der Waals surface area contributed by atoms with E-state index in [0.717, 1.165) is 11.3 Å². The van der Waals surface area contributed by atoms with Crippen molar-refractivity contribution in [3.8, 4) is 22.1 Å². The molecule has 1 amide bonds. The molecule has 3 aromatic carbocycles. The fraction of sp³-hybridized carbons (Fsp3) is 0.154. The van der Waals surface area contributed by atoms with Crippen LogP contribution in [0.1, 0.15) is 21.6 Å². The van der Waals surface area contributed by atoms with Gasteiger partial charge in [0.25, 0.3) is 5.91 Å². The van der Waals surface area contributed by atoms with Gasteiger partial charge in [0.2, 0.25) is 0 Å². The molecule has 5 nitrogen and oxygen atoms in total. The summed E-state index contributed by atoms with van der Waals surface area (Å²) in [5.41, 5.74) is 1.87. The lowest BCUT2D eigenvalue weighted by Gasteiger charge is -2.11. The third kappa shape index (κ3) is 5.58. The maximum absolute atomic E-state index is 13.9. The molecule has 0 radical (unpaired) electrons. The summed E-state index contributed by atoms with van der Waals surface area (Å²) in [6, 6.07) is 18.4. The van der Waals surface area contributed by atoms with E-state index in [-0.39, 0.29) is 18.1 Å². The number of ether oxygens (including phenoxy) is 2. The third-order valence-corrected chi connectivity index (χ3v) is 6.02. The van der Waals surface area contributed by atoms with Crippen LogP contribution in [-0.4, -0.2) is 24.5 Å². The van der Waals surface area contributed by atoms with Crippen molar-refractivity contribution >= 4 is 17.2 Å². The van der Waals surface area contributed by atoms with Crippen LogP contribution in [0.15, 0.2) is 72.1 Å². The van der Waals surface area contributed by atoms with Gasteiger partial charge in [-0.1, -0.05) is 30.3 Å². The Hall–Kier alpha value is -3.78. The van der Waals surface area contributed by atoms with E-state index in [1.165, 1.54) is 29.5 Å². The van der Waals surface area contributed by atoms with E-state index in [0.29, 0.717) is 35.0 Å². The molecule has 8 heteroatoms. The van der Waals surface area contributed by atoms with E-state index in [4.69, 9.17) is 9.47 Å². The zero-order valence-electron chi connectivity index (χ0n) is 18.4. The fourth-order valence-electron chi connectivity index (χ4n) is 3.29. The molecule has 0 unspecified atom stereocenters. The predicted octanol–water partition coefficient (Wildman–Crippen LogP) is 5.65. The molecule has 0 saturated carbocycles. The van der Waals surface area contributed by atoms with Crippen molar-refractivity contribution < 1.29 is 23.0 Å². The summed E-state index contributed by atoms with van der Waals surface area (Å²) in [4.78, 5) is 17.0. The minimum absolute atomic E-state index is 0.145. The molecule has 174 valence electrons. The number of benzene rings is 3. The van der Waals surface area contributed by atoms with E-state index in [2.05, 4.69) is 10.3 Å². The molecule has 34 heavy (non-hydrogen) atoms. The second-order valence-electron chi connectivity index (χ2n) is 7.38. The average Bonchev–Trinajstić information content (AvgIpc) is 3.35. The Morgan fingerprint density at radius 2 is 1.74 bits per heavy atom. The molecule has 0 aliphatic heterocycles. The number of hydrogen-bond donors (Lipinski definition) is 1. The third-order valence-electron chi connectivity index (χ3n) is 5.15. The lowest BCUT2D eigenvalue weighted by Crippen LogP contribution is -2.25. The Balaban J connectivity index is 1.40. The highest BCUT2D eigenvalue weighted by Crippen LogP contribution is 2.33. The molecule has 0 atom stereocenters. The van der Waals surface area contributed by atoms with Crippen LogP contribution in [0.4, 0.5) is 8.78 Å². The maximum atomic E-state index is 13.9. The van der Waals surface area contributed by atoms with Gasteiger partial charge in [0.1, 0.15) is 40.4 Å². The minimum Gasteiger partial charge on any atom is -0.497 e. The summed E-state index contributed by atoms with van der Waals surface area (Å²) in [5, 5.41) is 5.12. The van der Waals surface area contributed by atoms with E-state index in [9.17, 15) is 13.6 Å². The largest absolute Gasteiger partial charge is 0.497 e. The molecular formula is C26H22F2N2O3S. The summed E-state index contributed by atoms with van der Waals surface area (Å²) in [6.07, 6.45) is 0.677. The van der Waals surface area contributed by atoms with Crippen molar-refractivity contribution in [2.75, 3.05) is 13.7 Å². The first-order valence-electron chi connectivity index (χ1n) is 10.6. The van der Waals surface area contributed by atoms with Gasteiger partial charge in [-0.2, -0.15) is 0 Å². The molecule has 1 N–H and O–H groups in total. The zero-order valence-corrected chi connectivity index (χ0v) is 19.2. The van der Waals surface area contributed by atoms with Gasteiger partial charge in [-0.15, -0.1) is 11.3 Å². The second-order valence-corrected chi connectivity index (χ2v) is 8.24. The molecule has 1 aromatic heterocycles. The van der Waals surface area contributed by atoms with Gasteiger partial charge in [-0.05, 0) is 48.4 Å². The molecule has 0 spiro atoms. The van der Waals surface area contributed by atoms with Crippen molar-refractivity contribution in [3.05, 3.63) is 101 Å². The SMILES string of the molecule is COc1ccc(CCNC(=O)c2csc(-c3ccccc3OCc3c(F)cccc3F)n2)cc1. The number of methoxy groups -OCH3 is 1. The smallest absolute Gasteiger partial charge is 0.270 e. The topological polar surface area (TPSA) is 60.5 Å². The quantitative estimate of drug-likeness (QED) is 0.336. The second kappa shape index (κ2) is 10.9. The number of nitrogens with one attached hydrogen (secondary N) is 1. The number of nitrogens with zero attached hydrogens (tertiary/aromatic N) is 1. The van der Waals surface area contributed by atoms with Crippen molar-refractivity contribution in [2.45, 2.75) is 13.0 Å². The molecule has 0 aliphatic carbocycles. The van der Waals surface area contributed by atoms with E-state index < -0.39 is 11.6 Å². The number of para-hydroxylation sites is 1. The first-order chi connectivity index (χ1) is 16.5. The van der Waals surface area contributed by atoms with E-state index >= 15 is 0 Å². The Bertz CT molecular complexity index is 1260. The molecule has 0 bridgehead atoms. The number of rotatable bonds is 9. The van der Waals surface area contributed by atoms with E-state index in [1.54, 1.807) is 30.7 Å². The number of halogens is 2. The maximum Gasteiger partial charge on any atom is 0.270 e. The minimum atomic E-state index is -0.666. The van der Waals surface area contributed by atoms with Crippen LogP contribution in [0.5, 0.6) is 11.5 Å². The lowest BCUT2D eigenvalue weighted by molar-refractivity contribution is 0.0950. The van der Waals surface area contributed by atoms with Crippen LogP contribution in [0.25, 0.3) is 10.6 Å². The number of amides is 1. The monoisotopic (exact) mass is 480 g/mol. The number of carbonyl (C=O) groups is 1. The molecule has 4 rings (SSSR count). The molecule has 0 saturated heterocycles. The van der Waals surface area contributed by atoms with Crippen LogP contribution >= 0.6 is 11.3 Å². The van der Waals surface area contributed by atoms with Crippen molar-refractivity contribution in [3.63, 3.8) is 0 Å². The standard InChI is InChI=1S/C26H22F2N2O3S/c1-32-18-11-9-17(10-12-18)13-14-29-25(31)23-16-34-26(30-23)19-5-2-3-8-24(19)33-15-20-21(27)6-4-7-22(20)28/h2-12,16H,13-15H2,1H3,(H,29,31). The molecular weight excluding hydrogens is 458 g/mol. The molecule has 4 aromatic rings. The number of carbonyl (C=O) groups excluding carboxylic acids is 1. The lowest BCUT2D eigenvalue weighted by atomic mass is 10.1. The van der Waals surface area contributed by atoms with Gasteiger partial charge in [0.15, 0.2) is 0 Å². The van der Waals surface area contributed by atoms with Crippen LogP contribution in [0.2, 0.25) is 0 Å². The molecule has 0 aliphatic rings. The van der Waals surface area contributed by atoms with Crippen LogP contribution in [0, 0.1) is 11.6 Å². The van der Waals surface area contributed by atoms with Crippen molar-refractivity contribution in [1.29, 1.82) is 0 Å². The van der Waals surface area contributed by atoms with Crippen LogP contribution < -0.4 is 14.8 Å². The van der Waals surface area contributed by atoms with Crippen LogP contribution in [0.3, 0.4) is 0 Å². The van der Waals surface area contributed by atoms with Gasteiger partial charge >= 0.3 is 0 Å². The van der Waals surface area contributed by atoms with Crippen molar-refractivity contribution in [2.24, 2.45) is 0 Å². The summed E-state index contributed by atoms with van der Waals surface area (Å²) >= 11 is 1.29. The molecule has 0 fully saturated rings. The highest BCUT2D eigenvalue weighted by molar-refractivity contribution is 7.13. The highest BCUT2D eigenvalue weighted by atomic mass is 32.1. The number of aromatic nitrogens is 1. The first-order valence-corrected chi connectivity index (χ1v) is 11.4. The number of thiazole rings is 1. The Morgan fingerprint density at radius 3 is 2.47 bits per heavy atom. The summed E-state index contributed by atoms with van der Waals surface area (Å²) in [6.45, 7) is 0.200. The summed E-state index contributed by atoms with van der Waals surface area (Å²) < 4.78 is 38.7. The Labute approximate surface area is 200 Å². The Kier molecular flexibility index (Phi) is 7.49. The fourth-order valence-corrected chi connectivity index (χ4v) is 4.12. The molecule has 1 heterocycles. The van der Waals surface area contributed by atoms with Gasteiger partial charge in [0, 0.05) is 11.9 Å². The summed E-state index contributed by atoms with van der Waals surface area (Å²) in [5.74, 6) is -0.402. The first kappa shape index (κ1) is 23.4. The Morgan fingerprint density at radius 1 is 1.00 bits per heavy atom.